The van der Waals surface area contributed by atoms with Crippen LogP contribution in [0.5, 0.6) is 0 Å². The molecule has 0 atom stereocenters. The van der Waals surface area contributed by atoms with E-state index in [1.54, 1.807) is 0 Å². The zero-order valence-corrected chi connectivity index (χ0v) is 6.27. The van der Waals surface area contributed by atoms with Gasteiger partial charge in [0.1, 0.15) is 12.7 Å². The van der Waals surface area contributed by atoms with Gasteiger partial charge in [-0.1, -0.05) is 5.16 Å². The highest BCUT2D eigenvalue weighted by Crippen LogP contribution is 2.14. The molecule has 0 saturated carbocycles. The van der Waals surface area contributed by atoms with Crippen molar-refractivity contribution in [3.63, 3.8) is 0 Å². The van der Waals surface area contributed by atoms with E-state index >= 15 is 0 Å². The van der Waals surface area contributed by atoms with Crippen molar-refractivity contribution in [2.75, 3.05) is 6.61 Å². The van der Waals surface area contributed by atoms with Gasteiger partial charge in [-0.3, -0.25) is 0 Å². The molecule has 72 valence electrons. The summed E-state index contributed by atoms with van der Waals surface area (Å²) in [5.74, 6) is 0. The predicted molar refractivity (Wildman–Crippen MR) is 35.9 cm³/mol. The second kappa shape index (κ2) is 3.87. The zero-order chi connectivity index (χ0) is 9.73. The smallest absolute Gasteiger partial charge is 0.385 e. The largest absolute Gasteiger partial charge is 0.425 e. The number of hydrogen-bond acceptors (Lipinski definition) is 4. The summed E-state index contributed by atoms with van der Waals surface area (Å²) in [6, 6.07) is 0. The second-order valence-electron chi connectivity index (χ2n) is 1.98. The van der Waals surface area contributed by atoms with Crippen molar-refractivity contribution in [2.45, 2.75) is 6.18 Å². The van der Waals surface area contributed by atoms with Crippen LogP contribution in [-0.2, 0) is 4.84 Å². The molecule has 1 heterocycles. The summed E-state index contributed by atoms with van der Waals surface area (Å²) in [6.07, 6.45) is -0.922. The Hall–Kier alpha value is -1.60. The van der Waals surface area contributed by atoms with Gasteiger partial charge in [0, 0.05) is 0 Å². The molecule has 1 rings (SSSR count). The van der Waals surface area contributed by atoms with Gasteiger partial charge in [0.25, 0.3) is 0 Å². The van der Waals surface area contributed by atoms with Crippen LogP contribution < -0.4 is 0 Å². The average Bonchev–Trinajstić information content (AvgIpc) is 2.48. The van der Waals surface area contributed by atoms with E-state index in [4.69, 9.17) is 0 Å². The minimum absolute atomic E-state index is 0.971. The monoisotopic (exact) mass is 194 g/mol. The lowest BCUT2D eigenvalue weighted by Crippen LogP contribution is -2.15. The Balaban J connectivity index is 2.27. The van der Waals surface area contributed by atoms with E-state index in [0.717, 1.165) is 11.0 Å². The van der Waals surface area contributed by atoms with Crippen molar-refractivity contribution in [3.8, 4) is 0 Å². The van der Waals surface area contributed by atoms with Crippen LogP contribution in [0.1, 0.15) is 0 Å². The standard InChI is InChI=1S/C5H5F3N4O/c6-5(7,8)1-13-11-4-12-3-9-2-10-12/h2-4H,1H2. The molecule has 0 spiro atoms. The lowest BCUT2D eigenvalue weighted by Gasteiger charge is -2.02. The highest BCUT2D eigenvalue weighted by molar-refractivity contribution is 5.54. The molecular weight excluding hydrogens is 189 g/mol. The molecule has 0 N–H and O–H groups in total. The molecule has 0 unspecified atom stereocenters. The van der Waals surface area contributed by atoms with Gasteiger partial charge in [0.05, 0.1) is 0 Å². The Morgan fingerprint density at radius 3 is 2.85 bits per heavy atom. The van der Waals surface area contributed by atoms with Crippen LogP contribution in [0.15, 0.2) is 17.8 Å². The highest BCUT2D eigenvalue weighted by Gasteiger charge is 2.28. The van der Waals surface area contributed by atoms with E-state index in [1.165, 1.54) is 12.7 Å². The molecule has 0 amide bonds. The van der Waals surface area contributed by atoms with E-state index in [1.807, 2.05) is 0 Å². The number of halogens is 3. The summed E-state index contributed by atoms with van der Waals surface area (Å²) in [6.45, 7) is -1.42. The maximum atomic E-state index is 11.5. The van der Waals surface area contributed by atoms with E-state index in [-0.39, 0.29) is 0 Å². The van der Waals surface area contributed by atoms with E-state index in [2.05, 4.69) is 20.1 Å². The Morgan fingerprint density at radius 2 is 2.31 bits per heavy atom. The molecule has 1 aromatic rings. The number of aromatic nitrogens is 3. The third kappa shape index (κ3) is 4.09. The van der Waals surface area contributed by atoms with Crippen LogP contribution in [0, 0.1) is 0 Å². The van der Waals surface area contributed by atoms with Crippen LogP contribution in [0.2, 0.25) is 0 Å². The first-order valence-electron chi connectivity index (χ1n) is 3.14. The van der Waals surface area contributed by atoms with Crippen LogP contribution in [0.4, 0.5) is 13.2 Å². The molecule has 0 aliphatic heterocycles. The molecule has 0 aliphatic rings. The molecule has 0 fully saturated rings. The lowest BCUT2D eigenvalue weighted by atomic mass is 10.7. The summed E-state index contributed by atoms with van der Waals surface area (Å²) in [4.78, 5) is 7.46. The first-order chi connectivity index (χ1) is 6.08. The number of alkyl halides is 3. The number of hydrogen-bond donors (Lipinski definition) is 0. The normalized spacial score (nSPS) is 12.2. The number of nitrogens with zero attached hydrogens (tertiary/aromatic N) is 4. The van der Waals surface area contributed by atoms with Crippen molar-refractivity contribution in [3.05, 3.63) is 12.7 Å². The van der Waals surface area contributed by atoms with Gasteiger partial charge >= 0.3 is 6.18 Å². The van der Waals surface area contributed by atoms with Crippen LogP contribution in [-0.4, -0.2) is 33.9 Å². The topological polar surface area (TPSA) is 52.3 Å². The van der Waals surface area contributed by atoms with Crippen LogP contribution in [0.25, 0.3) is 0 Å². The first-order valence-corrected chi connectivity index (χ1v) is 3.14. The summed E-state index contributed by atoms with van der Waals surface area (Å²) in [5, 5.41) is 6.56. The zero-order valence-electron chi connectivity index (χ0n) is 6.27. The molecule has 0 saturated heterocycles. The van der Waals surface area contributed by atoms with Gasteiger partial charge in [-0.15, -0.1) is 0 Å². The van der Waals surface area contributed by atoms with Crippen molar-refractivity contribution in [1.82, 2.24) is 14.8 Å². The third-order valence-electron chi connectivity index (χ3n) is 0.905. The molecular formula is C5H5F3N4O. The number of oxime groups is 1. The Morgan fingerprint density at radius 1 is 1.54 bits per heavy atom. The Bertz CT molecular complexity index is 268. The fourth-order valence-corrected chi connectivity index (χ4v) is 0.469. The summed E-state index contributed by atoms with van der Waals surface area (Å²) in [5.41, 5.74) is 0. The fourth-order valence-electron chi connectivity index (χ4n) is 0.469. The maximum absolute atomic E-state index is 11.5. The van der Waals surface area contributed by atoms with Gasteiger partial charge < -0.3 is 4.84 Å². The summed E-state index contributed by atoms with van der Waals surface area (Å²) in [7, 11) is 0. The molecule has 0 radical (unpaired) electrons. The van der Waals surface area contributed by atoms with Crippen molar-refractivity contribution in [2.24, 2.45) is 5.16 Å². The highest BCUT2D eigenvalue weighted by atomic mass is 19.4. The molecule has 5 nitrogen and oxygen atoms in total. The predicted octanol–water partition coefficient (Wildman–Crippen LogP) is 0.648. The second-order valence-corrected chi connectivity index (χ2v) is 1.98. The van der Waals surface area contributed by atoms with Gasteiger partial charge in [0.15, 0.2) is 6.34 Å². The quantitative estimate of drug-likeness (QED) is 0.403. The Kier molecular flexibility index (Phi) is 2.83. The number of rotatable bonds is 3. The van der Waals surface area contributed by atoms with E-state index in [0.29, 0.717) is 0 Å². The van der Waals surface area contributed by atoms with Crippen molar-refractivity contribution >= 4 is 6.34 Å². The van der Waals surface area contributed by atoms with E-state index in [9.17, 15) is 13.2 Å². The van der Waals surface area contributed by atoms with Crippen LogP contribution in [0.3, 0.4) is 0 Å². The van der Waals surface area contributed by atoms with Crippen molar-refractivity contribution in [1.29, 1.82) is 0 Å². The Labute approximate surface area is 70.8 Å². The minimum atomic E-state index is -4.38. The lowest BCUT2D eigenvalue weighted by molar-refractivity contribution is -0.173. The molecule has 0 aromatic carbocycles. The molecule has 1 aromatic heterocycles. The maximum Gasteiger partial charge on any atom is 0.425 e. The fraction of sp³-hybridized carbons (Fsp3) is 0.400. The van der Waals surface area contributed by atoms with Gasteiger partial charge in [-0.2, -0.15) is 18.3 Å². The third-order valence-corrected chi connectivity index (χ3v) is 0.905. The summed E-state index contributed by atoms with van der Waals surface area (Å²) < 4.78 is 35.6. The van der Waals surface area contributed by atoms with Gasteiger partial charge in [0.2, 0.25) is 6.61 Å². The van der Waals surface area contributed by atoms with Crippen LogP contribution >= 0.6 is 0 Å². The molecule has 8 heteroatoms. The first kappa shape index (κ1) is 9.49. The average molecular weight is 194 g/mol. The van der Waals surface area contributed by atoms with Crippen molar-refractivity contribution < 1.29 is 18.0 Å². The summed E-state index contributed by atoms with van der Waals surface area (Å²) >= 11 is 0. The minimum Gasteiger partial charge on any atom is -0.385 e. The van der Waals surface area contributed by atoms with Gasteiger partial charge in [-0.25, -0.2) is 9.67 Å². The molecule has 0 aliphatic carbocycles. The van der Waals surface area contributed by atoms with Gasteiger partial charge in [-0.05, 0) is 0 Å². The molecule has 13 heavy (non-hydrogen) atoms. The molecule has 0 bridgehead atoms. The SMILES string of the molecule is FC(F)(F)CON=Cn1cncn1. The van der Waals surface area contributed by atoms with E-state index < -0.39 is 12.8 Å².